The summed E-state index contributed by atoms with van der Waals surface area (Å²) in [6, 6.07) is 0. The minimum atomic E-state index is 0.905. The van der Waals surface area contributed by atoms with Crippen molar-refractivity contribution in [1.29, 1.82) is 0 Å². The molecule has 15 heavy (non-hydrogen) atoms. The molecule has 0 saturated carbocycles. The lowest BCUT2D eigenvalue weighted by Crippen LogP contribution is -2.39. The van der Waals surface area contributed by atoms with E-state index in [2.05, 4.69) is 24.1 Å². The molecule has 0 rings (SSSR count). The van der Waals surface area contributed by atoms with Crippen molar-refractivity contribution in [2.45, 2.75) is 52.4 Å². The fourth-order valence-electron chi connectivity index (χ4n) is 1.58. The van der Waals surface area contributed by atoms with Crippen molar-refractivity contribution < 1.29 is 0 Å². The molecule has 0 atom stereocenters. The summed E-state index contributed by atoms with van der Waals surface area (Å²) in [7, 11) is 1.91. The van der Waals surface area contributed by atoms with E-state index < -0.39 is 0 Å². The molecule has 90 valence electrons. The maximum absolute atomic E-state index is 5.29. The van der Waals surface area contributed by atoms with Crippen LogP contribution in [0.2, 0.25) is 0 Å². The van der Waals surface area contributed by atoms with Gasteiger partial charge in [-0.25, -0.2) is 0 Å². The van der Waals surface area contributed by atoms with Crippen LogP contribution >= 0.6 is 12.2 Å². The first-order chi connectivity index (χ1) is 7.26. The highest BCUT2D eigenvalue weighted by Gasteiger charge is 2.06. The summed E-state index contributed by atoms with van der Waals surface area (Å²) in [5.74, 6) is 0. The monoisotopic (exact) mass is 230 g/mol. The van der Waals surface area contributed by atoms with E-state index in [1.165, 1.54) is 38.5 Å². The fraction of sp³-hybridized carbons (Fsp3) is 0.917. The second-order valence-corrected chi connectivity index (χ2v) is 4.34. The topological polar surface area (TPSA) is 15.3 Å². The number of hydrogen-bond acceptors (Lipinski definition) is 1. The summed E-state index contributed by atoms with van der Waals surface area (Å²) in [5.41, 5.74) is 0. The van der Waals surface area contributed by atoms with Crippen molar-refractivity contribution in [2.24, 2.45) is 0 Å². The summed E-state index contributed by atoms with van der Waals surface area (Å²) in [4.78, 5) is 2.31. The van der Waals surface area contributed by atoms with Crippen molar-refractivity contribution in [3.05, 3.63) is 0 Å². The van der Waals surface area contributed by atoms with Crippen LogP contribution in [0.3, 0.4) is 0 Å². The Morgan fingerprint density at radius 3 is 1.80 bits per heavy atom. The van der Waals surface area contributed by atoms with Crippen LogP contribution in [0, 0.1) is 0 Å². The normalized spacial score (nSPS) is 10.1. The molecule has 0 aliphatic rings. The van der Waals surface area contributed by atoms with Crippen LogP contribution < -0.4 is 5.32 Å². The van der Waals surface area contributed by atoms with E-state index in [0.29, 0.717) is 0 Å². The van der Waals surface area contributed by atoms with Gasteiger partial charge in [0.15, 0.2) is 5.11 Å². The van der Waals surface area contributed by atoms with Crippen molar-refractivity contribution in [3.63, 3.8) is 0 Å². The lowest BCUT2D eigenvalue weighted by Gasteiger charge is -2.24. The Bertz CT molecular complexity index is 150. The molecule has 2 nitrogen and oxygen atoms in total. The van der Waals surface area contributed by atoms with Crippen LogP contribution in [0.15, 0.2) is 0 Å². The second kappa shape index (κ2) is 10.2. The van der Waals surface area contributed by atoms with Gasteiger partial charge in [-0.05, 0) is 25.1 Å². The van der Waals surface area contributed by atoms with E-state index in [0.717, 1.165) is 18.2 Å². The molecule has 0 aromatic rings. The maximum atomic E-state index is 5.29. The van der Waals surface area contributed by atoms with E-state index in [1.807, 2.05) is 7.05 Å². The summed E-state index contributed by atoms with van der Waals surface area (Å²) >= 11 is 5.29. The molecule has 0 aliphatic carbocycles. The zero-order valence-electron chi connectivity index (χ0n) is 10.5. The number of rotatable bonds is 8. The molecule has 0 aromatic carbocycles. The van der Waals surface area contributed by atoms with Crippen LogP contribution in [0.4, 0.5) is 0 Å². The number of nitrogens with one attached hydrogen (secondary N) is 1. The minimum Gasteiger partial charge on any atom is -0.366 e. The standard InChI is InChI=1S/C12H26N2S/c1-4-6-8-10-14(12(15)13-3)11-9-7-5-2/h4-11H2,1-3H3,(H,13,15). The van der Waals surface area contributed by atoms with Gasteiger partial charge in [0, 0.05) is 20.1 Å². The van der Waals surface area contributed by atoms with Crippen LogP contribution in [-0.4, -0.2) is 30.1 Å². The van der Waals surface area contributed by atoms with Gasteiger partial charge >= 0.3 is 0 Å². The van der Waals surface area contributed by atoms with Crippen LogP contribution in [0.5, 0.6) is 0 Å². The van der Waals surface area contributed by atoms with Gasteiger partial charge in [0.1, 0.15) is 0 Å². The highest BCUT2D eigenvalue weighted by molar-refractivity contribution is 7.80. The Labute approximate surface area is 100 Å². The third-order valence-corrected chi connectivity index (χ3v) is 3.03. The highest BCUT2D eigenvalue weighted by atomic mass is 32.1. The van der Waals surface area contributed by atoms with E-state index in [4.69, 9.17) is 12.2 Å². The summed E-state index contributed by atoms with van der Waals surface area (Å²) < 4.78 is 0. The molecule has 0 saturated heterocycles. The van der Waals surface area contributed by atoms with Gasteiger partial charge in [0.25, 0.3) is 0 Å². The zero-order chi connectivity index (χ0) is 11.5. The van der Waals surface area contributed by atoms with Gasteiger partial charge in [-0.2, -0.15) is 0 Å². The van der Waals surface area contributed by atoms with Crippen molar-refractivity contribution >= 4 is 17.3 Å². The van der Waals surface area contributed by atoms with E-state index in [1.54, 1.807) is 0 Å². The number of nitrogens with zero attached hydrogens (tertiary/aromatic N) is 1. The van der Waals surface area contributed by atoms with Crippen LogP contribution in [-0.2, 0) is 0 Å². The molecule has 0 fully saturated rings. The average Bonchev–Trinajstić information content (AvgIpc) is 2.26. The molecule has 0 radical (unpaired) electrons. The van der Waals surface area contributed by atoms with E-state index in [9.17, 15) is 0 Å². The minimum absolute atomic E-state index is 0.905. The predicted octanol–water partition coefficient (Wildman–Crippen LogP) is 3.17. The molecule has 0 aliphatic heterocycles. The van der Waals surface area contributed by atoms with Gasteiger partial charge in [-0.3, -0.25) is 0 Å². The number of thiocarbonyl (C=S) groups is 1. The van der Waals surface area contributed by atoms with Crippen molar-refractivity contribution in [3.8, 4) is 0 Å². The Balaban J connectivity index is 3.79. The van der Waals surface area contributed by atoms with Crippen molar-refractivity contribution in [2.75, 3.05) is 20.1 Å². The largest absolute Gasteiger partial charge is 0.366 e. The molecule has 0 aromatic heterocycles. The third-order valence-electron chi connectivity index (χ3n) is 2.56. The van der Waals surface area contributed by atoms with Crippen molar-refractivity contribution in [1.82, 2.24) is 10.2 Å². The number of hydrogen-bond donors (Lipinski definition) is 1. The molecule has 0 unspecified atom stereocenters. The summed E-state index contributed by atoms with van der Waals surface area (Å²) in [6.45, 7) is 6.68. The van der Waals surface area contributed by atoms with E-state index in [-0.39, 0.29) is 0 Å². The third kappa shape index (κ3) is 7.60. The molecule has 0 bridgehead atoms. The van der Waals surface area contributed by atoms with Crippen LogP contribution in [0.1, 0.15) is 52.4 Å². The second-order valence-electron chi connectivity index (χ2n) is 3.96. The highest BCUT2D eigenvalue weighted by Crippen LogP contribution is 2.03. The molecule has 3 heteroatoms. The molecular weight excluding hydrogens is 204 g/mol. The van der Waals surface area contributed by atoms with Gasteiger partial charge in [-0.1, -0.05) is 39.5 Å². The first-order valence-corrected chi connectivity index (χ1v) is 6.63. The maximum Gasteiger partial charge on any atom is 0.168 e. The SMILES string of the molecule is CCCCCN(CCCCC)C(=S)NC. The number of unbranched alkanes of at least 4 members (excludes halogenated alkanes) is 4. The Morgan fingerprint density at radius 2 is 1.47 bits per heavy atom. The molecule has 1 N–H and O–H groups in total. The first-order valence-electron chi connectivity index (χ1n) is 6.22. The Morgan fingerprint density at radius 1 is 1.00 bits per heavy atom. The molecule has 0 spiro atoms. The smallest absolute Gasteiger partial charge is 0.168 e. The van der Waals surface area contributed by atoms with Gasteiger partial charge < -0.3 is 10.2 Å². The molecule has 0 amide bonds. The summed E-state index contributed by atoms with van der Waals surface area (Å²) in [6.07, 6.45) is 7.66. The fourth-order valence-corrected chi connectivity index (χ4v) is 1.76. The summed E-state index contributed by atoms with van der Waals surface area (Å²) in [5, 5.41) is 3.98. The van der Waals surface area contributed by atoms with Gasteiger partial charge in [0.2, 0.25) is 0 Å². The Hall–Kier alpha value is -0.310. The lowest BCUT2D eigenvalue weighted by molar-refractivity contribution is 0.387. The zero-order valence-corrected chi connectivity index (χ0v) is 11.3. The first kappa shape index (κ1) is 14.7. The molecular formula is C12H26N2S. The average molecular weight is 230 g/mol. The van der Waals surface area contributed by atoms with Gasteiger partial charge in [-0.15, -0.1) is 0 Å². The van der Waals surface area contributed by atoms with E-state index >= 15 is 0 Å². The predicted molar refractivity (Wildman–Crippen MR) is 72.3 cm³/mol. The van der Waals surface area contributed by atoms with Crippen LogP contribution in [0.25, 0.3) is 0 Å². The Kier molecular flexibility index (Phi) is 10.0. The quantitative estimate of drug-likeness (QED) is 0.509. The lowest BCUT2D eigenvalue weighted by atomic mass is 10.2. The molecule has 0 heterocycles. The van der Waals surface area contributed by atoms with Gasteiger partial charge in [0.05, 0.1) is 0 Å².